The van der Waals surface area contributed by atoms with Gasteiger partial charge in [-0.05, 0) is 27.2 Å². The first-order valence-electron chi connectivity index (χ1n) is 7.21. The molecule has 0 saturated heterocycles. The molecule has 0 aliphatic heterocycles. The first-order valence-corrected chi connectivity index (χ1v) is 8.91. The van der Waals surface area contributed by atoms with Gasteiger partial charge in [-0.15, -0.1) is 10.2 Å². The van der Waals surface area contributed by atoms with Crippen molar-refractivity contribution >= 4 is 29.1 Å². The summed E-state index contributed by atoms with van der Waals surface area (Å²) >= 11 is 2.64. The van der Waals surface area contributed by atoms with Gasteiger partial charge in [0.25, 0.3) is 0 Å². The third-order valence-electron chi connectivity index (χ3n) is 3.35. The highest BCUT2D eigenvalue weighted by Gasteiger charge is 2.20. The Morgan fingerprint density at radius 2 is 2.14 bits per heavy atom. The number of carboxylic acids is 1. The number of unbranched alkanes of at least 4 members (excludes halogenated alkanes) is 1. The summed E-state index contributed by atoms with van der Waals surface area (Å²) in [4.78, 5) is 10.9. The van der Waals surface area contributed by atoms with Gasteiger partial charge in [0.15, 0.2) is 9.35 Å². The van der Waals surface area contributed by atoms with Crippen molar-refractivity contribution in [3.05, 3.63) is 11.4 Å². The van der Waals surface area contributed by atoms with E-state index in [9.17, 15) is 4.79 Å². The Labute approximate surface area is 138 Å². The van der Waals surface area contributed by atoms with E-state index in [4.69, 9.17) is 5.11 Å². The van der Waals surface area contributed by atoms with E-state index < -0.39 is 11.2 Å². The number of hydrogen-bond acceptors (Lipinski definition) is 6. The molecule has 0 bridgehead atoms. The number of rotatable bonds is 7. The molecule has 1 N–H and O–H groups in total. The highest BCUT2D eigenvalue weighted by molar-refractivity contribution is 8.02. The number of hydrogen-bond donors (Lipinski definition) is 1. The van der Waals surface area contributed by atoms with Crippen molar-refractivity contribution in [2.45, 2.75) is 56.7 Å². The van der Waals surface area contributed by atoms with Crippen molar-refractivity contribution in [2.24, 2.45) is 0 Å². The standard InChI is InChI=1S/C14H20N4O2S2/c1-5-6-7-18-9(3)11(8(2)17-18)12-15-16-14(22-12)21-10(4)13(19)20/h10H,5-7H2,1-4H3,(H,19,20). The molecule has 8 heteroatoms. The molecule has 0 aromatic carbocycles. The molecule has 0 aliphatic rings. The summed E-state index contributed by atoms with van der Waals surface area (Å²) in [6, 6.07) is 0. The molecular formula is C14H20N4O2S2. The highest BCUT2D eigenvalue weighted by atomic mass is 32.2. The van der Waals surface area contributed by atoms with Crippen molar-refractivity contribution in [3.8, 4) is 10.6 Å². The summed E-state index contributed by atoms with van der Waals surface area (Å²) in [5.74, 6) is -0.846. The lowest BCUT2D eigenvalue weighted by Gasteiger charge is -2.02. The van der Waals surface area contributed by atoms with Gasteiger partial charge in [-0.3, -0.25) is 9.48 Å². The zero-order chi connectivity index (χ0) is 16.3. The summed E-state index contributed by atoms with van der Waals surface area (Å²) in [6.45, 7) is 8.72. The van der Waals surface area contributed by atoms with Crippen LogP contribution >= 0.6 is 23.1 Å². The lowest BCUT2D eigenvalue weighted by Crippen LogP contribution is -2.10. The molecule has 2 aromatic heterocycles. The van der Waals surface area contributed by atoms with Gasteiger partial charge in [0.2, 0.25) is 0 Å². The molecule has 120 valence electrons. The predicted octanol–water partition coefficient (Wildman–Crippen LogP) is 3.38. The molecule has 0 aliphatic carbocycles. The zero-order valence-corrected chi connectivity index (χ0v) is 14.8. The van der Waals surface area contributed by atoms with Crippen LogP contribution in [0.5, 0.6) is 0 Å². The maximum Gasteiger partial charge on any atom is 0.316 e. The predicted molar refractivity (Wildman–Crippen MR) is 88.5 cm³/mol. The molecular weight excluding hydrogens is 320 g/mol. The number of carboxylic acid groups (broad SMARTS) is 1. The van der Waals surface area contributed by atoms with Crippen LogP contribution in [0, 0.1) is 13.8 Å². The lowest BCUT2D eigenvalue weighted by atomic mass is 10.2. The number of aromatic nitrogens is 4. The number of aryl methyl sites for hydroxylation is 2. The Balaban J connectivity index is 2.24. The fourth-order valence-electron chi connectivity index (χ4n) is 2.09. The van der Waals surface area contributed by atoms with Gasteiger partial charge >= 0.3 is 5.97 Å². The molecule has 2 heterocycles. The van der Waals surface area contributed by atoms with Crippen molar-refractivity contribution in [2.75, 3.05) is 0 Å². The Kier molecular flexibility index (Phi) is 5.57. The number of nitrogens with zero attached hydrogens (tertiary/aromatic N) is 4. The quantitative estimate of drug-likeness (QED) is 0.778. The Morgan fingerprint density at radius 3 is 2.77 bits per heavy atom. The third-order valence-corrected chi connectivity index (χ3v) is 5.46. The van der Waals surface area contributed by atoms with Crippen LogP contribution < -0.4 is 0 Å². The average molecular weight is 340 g/mol. The van der Waals surface area contributed by atoms with E-state index >= 15 is 0 Å². The zero-order valence-electron chi connectivity index (χ0n) is 13.2. The van der Waals surface area contributed by atoms with Crippen LogP contribution in [-0.4, -0.2) is 36.3 Å². The van der Waals surface area contributed by atoms with Crippen molar-refractivity contribution in [1.82, 2.24) is 20.0 Å². The topological polar surface area (TPSA) is 80.9 Å². The van der Waals surface area contributed by atoms with Crippen LogP contribution in [-0.2, 0) is 11.3 Å². The summed E-state index contributed by atoms with van der Waals surface area (Å²) in [5, 5.41) is 22.1. The Morgan fingerprint density at radius 1 is 1.41 bits per heavy atom. The van der Waals surface area contributed by atoms with E-state index in [1.165, 1.54) is 23.1 Å². The molecule has 6 nitrogen and oxygen atoms in total. The molecule has 1 unspecified atom stereocenters. The van der Waals surface area contributed by atoms with E-state index in [0.29, 0.717) is 4.34 Å². The number of carbonyl (C=O) groups is 1. The van der Waals surface area contributed by atoms with Crippen LogP contribution in [0.4, 0.5) is 0 Å². The summed E-state index contributed by atoms with van der Waals surface area (Å²) in [6.07, 6.45) is 2.22. The second kappa shape index (κ2) is 7.23. The summed E-state index contributed by atoms with van der Waals surface area (Å²) < 4.78 is 2.69. The molecule has 2 aromatic rings. The highest BCUT2D eigenvalue weighted by Crippen LogP contribution is 2.34. The maximum absolute atomic E-state index is 10.9. The second-order valence-electron chi connectivity index (χ2n) is 5.09. The molecule has 2 rings (SSSR count). The average Bonchev–Trinajstić information content (AvgIpc) is 3.01. The molecule has 0 radical (unpaired) electrons. The van der Waals surface area contributed by atoms with Crippen molar-refractivity contribution in [1.29, 1.82) is 0 Å². The smallest absolute Gasteiger partial charge is 0.316 e. The lowest BCUT2D eigenvalue weighted by molar-refractivity contribution is -0.136. The molecule has 22 heavy (non-hydrogen) atoms. The molecule has 0 amide bonds. The van der Waals surface area contributed by atoms with E-state index in [0.717, 1.165) is 41.3 Å². The van der Waals surface area contributed by atoms with Gasteiger partial charge < -0.3 is 5.11 Å². The fourth-order valence-corrected chi connectivity index (χ4v) is 4.17. The third kappa shape index (κ3) is 3.67. The Bertz CT molecular complexity index is 666. The van der Waals surface area contributed by atoms with Gasteiger partial charge in [-0.25, -0.2) is 0 Å². The molecule has 0 spiro atoms. The van der Waals surface area contributed by atoms with Crippen LogP contribution in [0.2, 0.25) is 0 Å². The van der Waals surface area contributed by atoms with Gasteiger partial charge in [-0.1, -0.05) is 36.4 Å². The van der Waals surface area contributed by atoms with E-state index in [-0.39, 0.29) is 0 Å². The normalized spacial score (nSPS) is 12.5. The van der Waals surface area contributed by atoms with Crippen molar-refractivity contribution < 1.29 is 9.90 Å². The van der Waals surface area contributed by atoms with Crippen molar-refractivity contribution in [3.63, 3.8) is 0 Å². The Hall–Kier alpha value is -1.41. The van der Waals surface area contributed by atoms with Gasteiger partial charge in [0.1, 0.15) is 5.25 Å². The van der Waals surface area contributed by atoms with Crippen LogP contribution in [0.1, 0.15) is 38.1 Å². The maximum atomic E-state index is 10.9. The van der Waals surface area contributed by atoms with Crippen LogP contribution in [0.25, 0.3) is 10.6 Å². The van der Waals surface area contributed by atoms with Crippen LogP contribution in [0.15, 0.2) is 4.34 Å². The number of aliphatic carboxylic acids is 1. The van der Waals surface area contributed by atoms with E-state index in [2.05, 4.69) is 22.2 Å². The SMILES string of the molecule is CCCCn1nc(C)c(-c2nnc(SC(C)C(=O)O)s2)c1C. The summed E-state index contributed by atoms with van der Waals surface area (Å²) in [5.41, 5.74) is 3.04. The van der Waals surface area contributed by atoms with Gasteiger partial charge in [0, 0.05) is 12.2 Å². The van der Waals surface area contributed by atoms with Gasteiger partial charge in [-0.2, -0.15) is 5.10 Å². The van der Waals surface area contributed by atoms with Crippen LogP contribution in [0.3, 0.4) is 0 Å². The minimum Gasteiger partial charge on any atom is -0.480 e. The van der Waals surface area contributed by atoms with E-state index in [1.54, 1.807) is 6.92 Å². The summed E-state index contributed by atoms with van der Waals surface area (Å²) in [7, 11) is 0. The monoisotopic (exact) mass is 340 g/mol. The largest absolute Gasteiger partial charge is 0.480 e. The minimum atomic E-state index is -0.846. The minimum absolute atomic E-state index is 0.532. The van der Waals surface area contributed by atoms with E-state index in [1.807, 2.05) is 18.5 Å². The molecule has 1 atom stereocenters. The first kappa shape index (κ1) is 17.0. The first-order chi connectivity index (χ1) is 10.4. The van der Waals surface area contributed by atoms with Gasteiger partial charge in [0.05, 0.1) is 11.3 Å². The fraction of sp³-hybridized carbons (Fsp3) is 0.571. The second-order valence-corrected chi connectivity index (χ2v) is 7.66. The molecule has 0 fully saturated rings. The number of thioether (sulfide) groups is 1. The molecule has 0 saturated carbocycles.